The highest BCUT2D eigenvalue weighted by Gasteiger charge is 2.15. The fourth-order valence-corrected chi connectivity index (χ4v) is 2.23. The lowest BCUT2D eigenvalue weighted by Crippen LogP contribution is -2.13. The van der Waals surface area contributed by atoms with Crippen molar-refractivity contribution in [2.24, 2.45) is 0 Å². The minimum Gasteiger partial charge on any atom is -0.383 e. The van der Waals surface area contributed by atoms with E-state index in [0.29, 0.717) is 5.02 Å². The molecule has 0 atom stereocenters. The van der Waals surface area contributed by atoms with E-state index in [0.717, 1.165) is 0 Å². The van der Waals surface area contributed by atoms with Crippen LogP contribution in [0.3, 0.4) is 0 Å². The Bertz CT molecular complexity index is 588. The van der Waals surface area contributed by atoms with E-state index >= 15 is 0 Å². The van der Waals surface area contributed by atoms with Crippen LogP contribution in [-0.2, 0) is 0 Å². The Morgan fingerprint density at radius 3 is 2.39 bits per heavy atom. The van der Waals surface area contributed by atoms with Crippen LogP contribution in [0, 0.1) is 0 Å². The fraction of sp³-hybridized carbons (Fsp3) is 0. The van der Waals surface area contributed by atoms with Crippen LogP contribution in [-0.4, -0.2) is 16.1 Å². The van der Waals surface area contributed by atoms with Crippen LogP contribution in [0.1, 0.15) is 10.4 Å². The summed E-state index contributed by atoms with van der Waals surface area (Å²) in [7, 11) is 0. The van der Waals surface area contributed by atoms with Crippen molar-refractivity contribution in [2.75, 3.05) is 11.1 Å². The van der Waals surface area contributed by atoms with E-state index in [1.54, 1.807) is 0 Å². The normalized spacial score (nSPS) is 10.4. The van der Waals surface area contributed by atoms with Gasteiger partial charge < -0.3 is 11.1 Å². The number of carbonyl (C=O) groups is 1. The van der Waals surface area contributed by atoms with Gasteiger partial charge in [0.15, 0.2) is 0 Å². The maximum Gasteiger partial charge on any atom is 0.261 e. The average molecular weight is 306 g/mol. The Labute approximate surface area is 117 Å². The molecule has 0 aliphatic heterocycles. The third kappa shape index (κ3) is 2.53. The van der Waals surface area contributed by atoms with Gasteiger partial charge in [-0.2, -0.15) is 5.10 Å². The second-order valence-corrected chi connectivity index (χ2v) is 4.65. The molecule has 94 valence electrons. The topological polar surface area (TPSA) is 83.8 Å². The van der Waals surface area contributed by atoms with Crippen LogP contribution < -0.4 is 11.1 Å². The molecule has 2 aromatic rings. The Kier molecular flexibility index (Phi) is 3.65. The molecule has 2 rings (SSSR count). The van der Waals surface area contributed by atoms with Crippen molar-refractivity contribution < 1.29 is 4.79 Å². The van der Waals surface area contributed by atoms with Gasteiger partial charge in [-0.25, -0.2) is 0 Å². The molecular formula is C10H7Cl3N4O. The van der Waals surface area contributed by atoms with Gasteiger partial charge in [-0.3, -0.25) is 9.89 Å². The molecule has 1 heterocycles. The van der Waals surface area contributed by atoms with Crippen molar-refractivity contribution in [1.82, 2.24) is 10.2 Å². The van der Waals surface area contributed by atoms with Crippen LogP contribution in [0.4, 0.5) is 11.5 Å². The summed E-state index contributed by atoms with van der Waals surface area (Å²) in [6, 6.07) is 2.95. The molecule has 5 nitrogen and oxygen atoms in total. The third-order valence-corrected chi connectivity index (χ3v) is 2.97. The Morgan fingerprint density at radius 2 is 1.89 bits per heavy atom. The van der Waals surface area contributed by atoms with Gasteiger partial charge in [0.25, 0.3) is 5.91 Å². The molecule has 1 aromatic heterocycles. The van der Waals surface area contributed by atoms with Crippen LogP contribution >= 0.6 is 34.8 Å². The minimum atomic E-state index is -0.465. The first-order chi connectivity index (χ1) is 8.49. The van der Waals surface area contributed by atoms with E-state index < -0.39 is 5.91 Å². The number of rotatable bonds is 2. The van der Waals surface area contributed by atoms with Crippen LogP contribution in [0.25, 0.3) is 0 Å². The number of hydrogen-bond acceptors (Lipinski definition) is 3. The second-order valence-electron chi connectivity index (χ2n) is 3.40. The first-order valence-corrected chi connectivity index (χ1v) is 5.87. The third-order valence-electron chi connectivity index (χ3n) is 2.16. The number of halogens is 3. The minimum absolute atomic E-state index is 0.161. The highest BCUT2D eigenvalue weighted by atomic mass is 35.5. The number of benzene rings is 1. The molecule has 18 heavy (non-hydrogen) atoms. The number of aromatic amines is 1. The summed E-state index contributed by atoms with van der Waals surface area (Å²) in [4.78, 5) is 11.9. The smallest absolute Gasteiger partial charge is 0.261 e. The summed E-state index contributed by atoms with van der Waals surface area (Å²) >= 11 is 17.7. The lowest BCUT2D eigenvalue weighted by Gasteiger charge is -2.09. The summed E-state index contributed by atoms with van der Waals surface area (Å²) in [5, 5.41) is 9.50. The first kappa shape index (κ1) is 13.0. The zero-order chi connectivity index (χ0) is 13.3. The van der Waals surface area contributed by atoms with Crippen LogP contribution in [0.5, 0.6) is 0 Å². The van der Waals surface area contributed by atoms with Crippen molar-refractivity contribution >= 4 is 52.2 Å². The first-order valence-electron chi connectivity index (χ1n) is 4.73. The number of aromatic nitrogens is 2. The number of carbonyl (C=O) groups excluding carboxylic acids is 1. The van der Waals surface area contributed by atoms with E-state index in [-0.39, 0.29) is 27.1 Å². The maximum atomic E-state index is 11.9. The van der Waals surface area contributed by atoms with Gasteiger partial charge in [0, 0.05) is 5.02 Å². The van der Waals surface area contributed by atoms with Crippen molar-refractivity contribution in [3.63, 3.8) is 0 Å². The lowest BCUT2D eigenvalue weighted by atomic mass is 10.2. The quantitative estimate of drug-likeness (QED) is 0.796. The number of nitrogen functional groups attached to an aromatic ring is 1. The zero-order valence-electron chi connectivity index (χ0n) is 8.80. The SMILES string of the molecule is Nc1[nH]ncc1C(=O)Nc1c(Cl)cc(Cl)cc1Cl. The molecule has 0 saturated carbocycles. The molecule has 0 aliphatic carbocycles. The van der Waals surface area contributed by atoms with Crippen molar-refractivity contribution in [2.45, 2.75) is 0 Å². The predicted octanol–water partition coefficient (Wildman–Crippen LogP) is 3.20. The molecule has 0 unspecified atom stereocenters. The number of nitrogens with two attached hydrogens (primary N) is 1. The molecule has 0 radical (unpaired) electrons. The van der Waals surface area contributed by atoms with Gasteiger partial charge in [-0.1, -0.05) is 34.8 Å². The van der Waals surface area contributed by atoms with Crippen molar-refractivity contribution in [3.8, 4) is 0 Å². The monoisotopic (exact) mass is 304 g/mol. The highest BCUT2D eigenvalue weighted by molar-refractivity contribution is 6.42. The summed E-state index contributed by atoms with van der Waals surface area (Å²) < 4.78 is 0. The maximum absolute atomic E-state index is 11.9. The van der Waals surface area contributed by atoms with Gasteiger partial charge in [-0.15, -0.1) is 0 Å². The number of nitrogens with zero attached hydrogens (tertiary/aromatic N) is 1. The van der Waals surface area contributed by atoms with Gasteiger partial charge >= 0.3 is 0 Å². The molecule has 8 heteroatoms. The van der Waals surface area contributed by atoms with E-state index in [4.69, 9.17) is 40.5 Å². The average Bonchev–Trinajstić information content (AvgIpc) is 2.69. The number of amides is 1. The molecule has 1 amide bonds. The standard InChI is InChI=1S/C10H7Cl3N4O/c11-4-1-6(12)8(7(13)2-4)16-10(18)5-3-15-17-9(5)14/h1-3H,(H,16,18)(H3,14,15,17). The molecular weight excluding hydrogens is 298 g/mol. The highest BCUT2D eigenvalue weighted by Crippen LogP contribution is 2.34. The van der Waals surface area contributed by atoms with Gasteiger partial charge in [0.1, 0.15) is 11.4 Å². The molecule has 4 N–H and O–H groups in total. The van der Waals surface area contributed by atoms with Gasteiger partial charge in [0.2, 0.25) is 0 Å². The van der Waals surface area contributed by atoms with Gasteiger partial charge in [-0.05, 0) is 12.1 Å². The van der Waals surface area contributed by atoms with Crippen LogP contribution in [0.2, 0.25) is 15.1 Å². The molecule has 0 bridgehead atoms. The Morgan fingerprint density at radius 1 is 1.28 bits per heavy atom. The van der Waals surface area contributed by atoms with Crippen molar-refractivity contribution in [1.29, 1.82) is 0 Å². The summed E-state index contributed by atoms with van der Waals surface area (Å²) in [6.45, 7) is 0. The van der Waals surface area contributed by atoms with E-state index in [1.165, 1.54) is 18.3 Å². The zero-order valence-corrected chi connectivity index (χ0v) is 11.1. The summed E-state index contributed by atoms with van der Waals surface area (Å²) in [6.07, 6.45) is 1.31. The molecule has 0 fully saturated rings. The molecule has 0 aliphatic rings. The van der Waals surface area contributed by atoms with E-state index in [2.05, 4.69) is 15.5 Å². The number of hydrogen-bond donors (Lipinski definition) is 3. The van der Waals surface area contributed by atoms with E-state index in [9.17, 15) is 4.79 Å². The summed E-state index contributed by atoms with van der Waals surface area (Å²) in [5.41, 5.74) is 6.01. The summed E-state index contributed by atoms with van der Waals surface area (Å²) in [5.74, 6) is -0.305. The number of nitrogens with one attached hydrogen (secondary N) is 2. The van der Waals surface area contributed by atoms with E-state index in [1.807, 2.05) is 0 Å². The Balaban J connectivity index is 2.31. The molecule has 1 aromatic carbocycles. The molecule has 0 spiro atoms. The van der Waals surface area contributed by atoms with Crippen LogP contribution in [0.15, 0.2) is 18.3 Å². The number of anilines is 2. The van der Waals surface area contributed by atoms with Gasteiger partial charge in [0.05, 0.1) is 21.9 Å². The predicted molar refractivity (Wildman–Crippen MR) is 72.4 cm³/mol. The molecule has 0 saturated heterocycles. The lowest BCUT2D eigenvalue weighted by molar-refractivity contribution is 0.102. The number of H-pyrrole nitrogens is 1. The second kappa shape index (κ2) is 5.06. The van der Waals surface area contributed by atoms with Crippen molar-refractivity contribution in [3.05, 3.63) is 39.0 Å². The largest absolute Gasteiger partial charge is 0.383 e. The fourth-order valence-electron chi connectivity index (χ4n) is 1.32. The Hall–Kier alpha value is -1.43.